The lowest BCUT2D eigenvalue weighted by atomic mass is 10.1. The van der Waals surface area contributed by atoms with Gasteiger partial charge in [-0.25, -0.2) is 4.79 Å². The zero-order valence-corrected chi connectivity index (χ0v) is 12.1. The smallest absolute Gasteiger partial charge is 0.327 e. The predicted octanol–water partition coefficient (Wildman–Crippen LogP) is 2.22. The van der Waals surface area contributed by atoms with Crippen LogP contribution in [0.5, 0.6) is 0 Å². The molecule has 1 heterocycles. The van der Waals surface area contributed by atoms with Gasteiger partial charge in [-0.3, -0.25) is 4.79 Å². The summed E-state index contributed by atoms with van der Waals surface area (Å²) in [5.74, 6) is -0.892. The van der Waals surface area contributed by atoms with Gasteiger partial charge in [-0.15, -0.1) is 11.8 Å². The van der Waals surface area contributed by atoms with Crippen LogP contribution >= 0.6 is 35.0 Å². The summed E-state index contributed by atoms with van der Waals surface area (Å²) in [7, 11) is 0. The maximum absolute atomic E-state index is 11.8. The van der Waals surface area contributed by atoms with Gasteiger partial charge in [-0.2, -0.15) is 0 Å². The van der Waals surface area contributed by atoms with Gasteiger partial charge in [0.05, 0.1) is 15.3 Å². The molecule has 1 amide bonds. The van der Waals surface area contributed by atoms with Crippen LogP contribution in [0.3, 0.4) is 0 Å². The van der Waals surface area contributed by atoms with E-state index in [9.17, 15) is 9.59 Å². The number of hydrogen-bond donors (Lipinski definition) is 2. The first-order valence-corrected chi connectivity index (χ1v) is 7.36. The summed E-state index contributed by atoms with van der Waals surface area (Å²) in [6, 6.07) is 4.42. The quantitative estimate of drug-likeness (QED) is 0.896. The molecule has 7 heteroatoms. The number of nitrogens with one attached hydrogen (secondary N) is 1. The molecule has 0 radical (unpaired) electrons. The van der Waals surface area contributed by atoms with Crippen molar-refractivity contribution in [3.8, 4) is 0 Å². The molecule has 19 heavy (non-hydrogen) atoms. The molecule has 2 atom stereocenters. The predicted molar refractivity (Wildman–Crippen MR) is 76.0 cm³/mol. The summed E-state index contributed by atoms with van der Waals surface area (Å²) in [4.78, 5) is 22.6. The lowest BCUT2D eigenvalue weighted by molar-refractivity contribution is -0.141. The van der Waals surface area contributed by atoms with Crippen LogP contribution in [0.1, 0.15) is 5.56 Å². The Labute approximate surface area is 124 Å². The van der Waals surface area contributed by atoms with Crippen molar-refractivity contribution < 1.29 is 14.7 Å². The highest BCUT2D eigenvalue weighted by Crippen LogP contribution is 2.26. The minimum atomic E-state index is -1.01. The molecule has 0 bridgehead atoms. The maximum Gasteiger partial charge on any atom is 0.327 e. The number of rotatable bonds is 3. The number of hydrogen-bond acceptors (Lipinski definition) is 3. The molecule has 0 aromatic heterocycles. The summed E-state index contributed by atoms with van der Waals surface area (Å²) in [5, 5.41) is 12.0. The lowest BCUT2D eigenvalue weighted by Crippen LogP contribution is -2.51. The number of carbonyl (C=O) groups excluding carboxylic acids is 1. The van der Waals surface area contributed by atoms with Gasteiger partial charge in [0.2, 0.25) is 5.91 Å². The normalized spacial score (nSPS) is 22.9. The molecule has 0 unspecified atom stereocenters. The highest BCUT2D eigenvalue weighted by Gasteiger charge is 2.32. The van der Waals surface area contributed by atoms with Gasteiger partial charge >= 0.3 is 5.97 Å². The molecule has 1 aromatic carbocycles. The maximum atomic E-state index is 11.8. The second-order valence-electron chi connectivity index (χ2n) is 4.17. The van der Waals surface area contributed by atoms with Gasteiger partial charge in [-0.1, -0.05) is 29.3 Å². The van der Waals surface area contributed by atoms with Crippen molar-refractivity contribution in [2.75, 3.05) is 5.75 Å². The molecule has 1 aliphatic heterocycles. The zero-order chi connectivity index (χ0) is 14.0. The standard InChI is InChI=1S/C12H11Cl2NO3S/c13-7-2-1-6(3-8(7)14)4-10-11(16)15-9(5-19-10)12(17)18/h1-3,9-10H,4-5H2,(H,15,16)(H,17,18)/t9-,10-/m0/s1. The molecule has 2 rings (SSSR count). The number of amides is 1. The second-order valence-corrected chi connectivity index (χ2v) is 6.22. The van der Waals surface area contributed by atoms with Gasteiger partial charge in [0, 0.05) is 5.75 Å². The molecule has 1 saturated heterocycles. The topological polar surface area (TPSA) is 66.4 Å². The third-order valence-electron chi connectivity index (χ3n) is 2.78. The molecule has 2 N–H and O–H groups in total. The van der Waals surface area contributed by atoms with Gasteiger partial charge < -0.3 is 10.4 Å². The number of halogens is 2. The first-order valence-electron chi connectivity index (χ1n) is 5.56. The third-order valence-corrected chi connectivity index (χ3v) is 4.82. The van der Waals surface area contributed by atoms with Crippen molar-refractivity contribution in [3.05, 3.63) is 33.8 Å². The molecular formula is C12H11Cl2NO3S. The first-order chi connectivity index (χ1) is 8.97. The zero-order valence-electron chi connectivity index (χ0n) is 9.73. The van der Waals surface area contributed by atoms with E-state index in [0.29, 0.717) is 22.2 Å². The Morgan fingerprint density at radius 2 is 2.16 bits per heavy atom. The Hall–Kier alpha value is -0.910. The minimum Gasteiger partial charge on any atom is -0.480 e. The van der Waals surface area contributed by atoms with Crippen molar-refractivity contribution >= 4 is 46.8 Å². The van der Waals surface area contributed by atoms with Gasteiger partial charge in [-0.05, 0) is 24.1 Å². The van der Waals surface area contributed by atoms with E-state index in [1.165, 1.54) is 11.8 Å². The average molecular weight is 320 g/mol. The molecule has 0 aliphatic carbocycles. The molecule has 0 saturated carbocycles. The number of carbonyl (C=O) groups is 2. The van der Waals surface area contributed by atoms with Crippen molar-refractivity contribution in [1.29, 1.82) is 0 Å². The molecular weight excluding hydrogens is 309 g/mol. The summed E-state index contributed by atoms with van der Waals surface area (Å²) in [5.41, 5.74) is 0.899. The Balaban J connectivity index is 2.02. The van der Waals surface area contributed by atoms with E-state index in [-0.39, 0.29) is 11.2 Å². The highest BCUT2D eigenvalue weighted by atomic mass is 35.5. The van der Waals surface area contributed by atoms with E-state index in [4.69, 9.17) is 28.3 Å². The van der Waals surface area contributed by atoms with Crippen LogP contribution in [0.2, 0.25) is 10.0 Å². The average Bonchev–Trinajstić information content (AvgIpc) is 2.36. The Morgan fingerprint density at radius 1 is 1.42 bits per heavy atom. The van der Waals surface area contributed by atoms with Crippen molar-refractivity contribution in [3.63, 3.8) is 0 Å². The van der Waals surface area contributed by atoms with Crippen molar-refractivity contribution in [1.82, 2.24) is 5.32 Å². The van der Waals surface area contributed by atoms with E-state index in [0.717, 1.165) is 5.56 Å². The van der Waals surface area contributed by atoms with Crippen LogP contribution in [0.4, 0.5) is 0 Å². The molecule has 1 aliphatic rings. The third kappa shape index (κ3) is 3.55. The van der Waals surface area contributed by atoms with Gasteiger partial charge in [0.15, 0.2) is 0 Å². The van der Waals surface area contributed by atoms with Crippen molar-refractivity contribution in [2.45, 2.75) is 17.7 Å². The van der Waals surface area contributed by atoms with E-state index >= 15 is 0 Å². The second kappa shape index (κ2) is 6.03. The number of benzene rings is 1. The van der Waals surface area contributed by atoms with E-state index < -0.39 is 12.0 Å². The van der Waals surface area contributed by atoms with E-state index in [2.05, 4.69) is 5.32 Å². The number of aliphatic carboxylic acids is 1. The Morgan fingerprint density at radius 3 is 2.74 bits per heavy atom. The van der Waals surface area contributed by atoms with Crippen LogP contribution < -0.4 is 5.32 Å². The minimum absolute atomic E-state index is 0.255. The molecule has 1 aromatic rings. The number of carboxylic acids is 1. The van der Waals surface area contributed by atoms with Crippen LogP contribution in [0.25, 0.3) is 0 Å². The largest absolute Gasteiger partial charge is 0.480 e. The summed E-state index contributed by atoms with van der Waals surface area (Å²) in [6.07, 6.45) is 0.500. The van der Waals surface area contributed by atoms with Crippen LogP contribution in [0.15, 0.2) is 18.2 Å². The van der Waals surface area contributed by atoms with Crippen LogP contribution in [0, 0.1) is 0 Å². The molecule has 0 spiro atoms. The molecule has 4 nitrogen and oxygen atoms in total. The summed E-state index contributed by atoms with van der Waals surface area (Å²) in [6.45, 7) is 0. The fraction of sp³-hybridized carbons (Fsp3) is 0.333. The molecule has 102 valence electrons. The van der Waals surface area contributed by atoms with Crippen LogP contribution in [-0.4, -0.2) is 34.0 Å². The fourth-order valence-corrected chi connectivity index (χ4v) is 3.26. The fourth-order valence-electron chi connectivity index (χ4n) is 1.76. The Kier molecular flexibility index (Phi) is 4.60. The summed E-state index contributed by atoms with van der Waals surface area (Å²) < 4.78 is 0. The van der Waals surface area contributed by atoms with Crippen LogP contribution in [-0.2, 0) is 16.0 Å². The van der Waals surface area contributed by atoms with E-state index in [1.54, 1.807) is 12.1 Å². The highest BCUT2D eigenvalue weighted by molar-refractivity contribution is 8.00. The first kappa shape index (κ1) is 14.5. The van der Waals surface area contributed by atoms with Crippen molar-refractivity contribution in [2.24, 2.45) is 0 Å². The Bertz CT molecular complexity index is 524. The van der Waals surface area contributed by atoms with Gasteiger partial charge in [0.25, 0.3) is 0 Å². The summed E-state index contributed by atoms with van der Waals surface area (Å²) >= 11 is 13.1. The monoisotopic (exact) mass is 319 g/mol. The van der Waals surface area contributed by atoms with E-state index in [1.807, 2.05) is 6.07 Å². The SMILES string of the molecule is O=C(O)[C@@H]1CS[C@@H](Cc2ccc(Cl)c(Cl)c2)C(=O)N1. The molecule has 1 fully saturated rings. The number of carboxylic acid groups (broad SMARTS) is 1. The lowest BCUT2D eigenvalue weighted by Gasteiger charge is -2.26. The van der Waals surface area contributed by atoms with Gasteiger partial charge in [0.1, 0.15) is 6.04 Å². The number of thioether (sulfide) groups is 1.